The molecule has 0 aliphatic carbocycles. The van der Waals surface area contributed by atoms with Gasteiger partial charge in [0.15, 0.2) is 0 Å². The molecule has 23 heavy (non-hydrogen) atoms. The molecule has 0 fully saturated rings. The van der Waals surface area contributed by atoms with Gasteiger partial charge in [-0.15, -0.1) is 0 Å². The van der Waals surface area contributed by atoms with Crippen LogP contribution in [0.4, 0.5) is 4.39 Å². The Kier molecular flexibility index (Phi) is 4.19. The van der Waals surface area contributed by atoms with E-state index in [1.807, 2.05) is 6.07 Å². The molecule has 0 saturated heterocycles. The number of aromatic nitrogens is 3. The van der Waals surface area contributed by atoms with Crippen molar-refractivity contribution in [2.45, 2.75) is 0 Å². The summed E-state index contributed by atoms with van der Waals surface area (Å²) in [7, 11) is 0. The SMILES string of the molecule is O=C(N/N=C/c1cccnc1)c1cc(-c2ccc(F)cc2)n[nH]1. The van der Waals surface area contributed by atoms with Gasteiger partial charge in [0.1, 0.15) is 11.5 Å². The van der Waals surface area contributed by atoms with Crippen LogP contribution >= 0.6 is 0 Å². The van der Waals surface area contributed by atoms with Gasteiger partial charge in [-0.2, -0.15) is 10.2 Å². The first-order valence-corrected chi connectivity index (χ1v) is 6.77. The molecule has 3 aromatic rings. The standard InChI is InChI=1S/C16H12FN5O/c17-13-5-3-12(4-6-13)14-8-15(21-20-14)16(23)22-19-10-11-2-1-7-18-9-11/h1-10H,(H,20,21)(H,22,23)/b19-10+. The quantitative estimate of drug-likeness (QED) is 0.573. The van der Waals surface area contributed by atoms with Crippen LogP contribution < -0.4 is 5.43 Å². The van der Waals surface area contributed by atoms with E-state index >= 15 is 0 Å². The molecule has 2 aromatic heterocycles. The van der Waals surface area contributed by atoms with Crippen LogP contribution in [0.3, 0.4) is 0 Å². The highest BCUT2D eigenvalue weighted by Crippen LogP contribution is 2.17. The van der Waals surface area contributed by atoms with Crippen LogP contribution in [-0.2, 0) is 0 Å². The molecule has 0 radical (unpaired) electrons. The van der Waals surface area contributed by atoms with Gasteiger partial charge in [-0.1, -0.05) is 6.07 Å². The second-order valence-electron chi connectivity index (χ2n) is 4.66. The van der Waals surface area contributed by atoms with E-state index in [1.54, 1.807) is 36.7 Å². The van der Waals surface area contributed by atoms with Gasteiger partial charge >= 0.3 is 0 Å². The predicted molar refractivity (Wildman–Crippen MR) is 83.3 cm³/mol. The first-order valence-electron chi connectivity index (χ1n) is 6.77. The summed E-state index contributed by atoms with van der Waals surface area (Å²) in [6.07, 6.45) is 4.76. The minimum absolute atomic E-state index is 0.257. The monoisotopic (exact) mass is 309 g/mol. The number of pyridine rings is 1. The Morgan fingerprint density at radius 3 is 2.83 bits per heavy atom. The molecule has 7 heteroatoms. The molecule has 0 spiro atoms. The fourth-order valence-electron chi connectivity index (χ4n) is 1.88. The molecule has 6 nitrogen and oxygen atoms in total. The van der Waals surface area contributed by atoms with Crippen molar-refractivity contribution in [2.75, 3.05) is 0 Å². The van der Waals surface area contributed by atoms with Gasteiger partial charge in [-0.05, 0) is 36.4 Å². The van der Waals surface area contributed by atoms with E-state index < -0.39 is 5.91 Å². The summed E-state index contributed by atoms with van der Waals surface area (Å²) in [5.74, 6) is -0.752. The second kappa shape index (κ2) is 6.61. The highest BCUT2D eigenvalue weighted by Gasteiger charge is 2.10. The van der Waals surface area contributed by atoms with Crippen LogP contribution in [0, 0.1) is 5.82 Å². The molecule has 0 bridgehead atoms. The van der Waals surface area contributed by atoms with Crippen molar-refractivity contribution in [3.05, 3.63) is 71.9 Å². The Morgan fingerprint density at radius 2 is 2.09 bits per heavy atom. The Balaban J connectivity index is 1.67. The maximum absolute atomic E-state index is 12.9. The number of halogens is 1. The molecule has 0 aliphatic rings. The first-order chi connectivity index (χ1) is 11.2. The van der Waals surface area contributed by atoms with E-state index in [1.165, 1.54) is 18.3 Å². The third-order valence-corrected chi connectivity index (χ3v) is 3.03. The summed E-state index contributed by atoms with van der Waals surface area (Å²) in [6.45, 7) is 0. The van der Waals surface area contributed by atoms with Crippen molar-refractivity contribution in [1.82, 2.24) is 20.6 Å². The summed E-state index contributed by atoms with van der Waals surface area (Å²) in [5, 5.41) is 10.5. The van der Waals surface area contributed by atoms with E-state index in [4.69, 9.17) is 0 Å². The van der Waals surface area contributed by atoms with Crippen LogP contribution in [0.5, 0.6) is 0 Å². The van der Waals surface area contributed by atoms with Crippen molar-refractivity contribution in [1.29, 1.82) is 0 Å². The number of carbonyl (C=O) groups is 1. The molecule has 2 N–H and O–H groups in total. The normalized spacial score (nSPS) is 10.8. The van der Waals surface area contributed by atoms with E-state index in [2.05, 4.69) is 25.7 Å². The van der Waals surface area contributed by atoms with Crippen LogP contribution in [0.1, 0.15) is 16.1 Å². The third-order valence-electron chi connectivity index (χ3n) is 3.03. The maximum Gasteiger partial charge on any atom is 0.289 e. The number of nitrogens with one attached hydrogen (secondary N) is 2. The van der Waals surface area contributed by atoms with Gasteiger partial charge in [0, 0.05) is 23.5 Å². The number of aromatic amines is 1. The van der Waals surface area contributed by atoms with Crippen molar-refractivity contribution in [3.8, 4) is 11.3 Å². The molecule has 114 valence electrons. The number of hydrazone groups is 1. The second-order valence-corrected chi connectivity index (χ2v) is 4.66. The Bertz CT molecular complexity index is 827. The third kappa shape index (κ3) is 3.65. The molecular formula is C16H12FN5O. The molecular weight excluding hydrogens is 297 g/mol. The number of H-pyrrole nitrogens is 1. The van der Waals surface area contributed by atoms with Gasteiger partial charge in [0.2, 0.25) is 0 Å². The summed E-state index contributed by atoms with van der Waals surface area (Å²) in [4.78, 5) is 15.9. The van der Waals surface area contributed by atoms with Crippen LogP contribution in [-0.4, -0.2) is 27.3 Å². The van der Waals surface area contributed by atoms with E-state index in [9.17, 15) is 9.18 Å². The van der Waals surface area contributed by atoms with E-state index in [0.29, 0.717) is 11.3 Å². The molecule has 1 amide bonds. The van der Waals surface area contributed by atoms with Crippen molar-refractivity contribution in [2.24, 2.45) is 5.10 Å². The number of benzene rings is 1. The molecule has 0 aliphatic heterocycles. The lowest BCUT2D eigenvalue weighted by molar-refractivity contribution is 0.0950. The van der Waals surface area contributed by atoms with Gasteiger partial charge in [-0.3, -0.25) is 14.9 Å². The first kappa shape index (κ1) is 14.6. The number of hydrogen-bond donors (Lipinski definition) is 2. The van der Waals surface area contributed by atoms with Crippen molar-refractivity contribution >= 4 is 12.1 Å². The smallest absolute Gasteiger partial charge is 0.272 e. The molecule has 0 saturated carbocycles. The lowest BCUT2D eigenvalue weighted by Gasteiger charge is -1.96. The predicted octanol–water partition coefficient (Wildman–Crippen LogP) is 2.37. The number of amides is 1. The van der Waals surface area contributed by atoms with Gasteiger partial charge in [-0.25, -0.2) is 9.82 Å². The highest BCUT2D eigenvalue weighted by atomic mass is 19.1. The minimum atomic E-state index is -0.425. The Hall–Kier alpha value is -3.35. The highest BCUT2D eigenvalue weighted by molar-refractivity contribution is 5.94. The van der Waals surface area contributed by atoms with Crippen LogP contribution in [0.25, 0.3) is 11.3 Å². The number of carbonyl (C=O) groups excluding carboxylic acids is 1. The molecule has 0 atom stereocenters. The van der Waals surface area contributed by atoms with Crippen molar-refractivity contribution in [3.63, 3.8) is 0 Å². The molecule has 2 heterocycles. The fraction of sp³-hybridized carbons (Fsp3) is 0. The zero-order chi connectivity index (χ0) is 16.1. The fourth-order valence-corrected chi connectivity index (χ4v) is 1.88. The number of rotatable bonds is 4. The van der Waals surface area contributed by atoms with E-state index in [0.717, 1.165) is 5.56 Å². The number of hydrogen-bond acceptors (Lipinski definition) is 4. The zero-order valence-corrected chi connectivity index (χ0v) is 11.9. The summed E-state index contributed by atoms with van der Waals surface area (Å²) in [5.41, 5.74) is 4.67. The van der Waals surface area contributed by atoms with Crippen molar-refractivity contribution < 1.29 is 9.18 Å². The molecule has 3 rings (SSSR count). The largest absolute Gasteiger partial charge is 0.289 e. The van der Waals surface area contributed by atoms with Crippen LogP contribution in [0.2, 0.25) is 0 Å². The summed E-state index contributed by atoms with van der Waals surface area (Å²) in [6, 6.07) is 11.0. The lowest BCUT2D eigenvalue weighted by atomic mass is 10.1. The molecule has 0 unspecified atom stereocenters. The van der Waals surface area contributed by atoms with Gasteiger partial charge in [0.05, 0.1) is 11.9 Å². The van der Waals surface area contributed by atoms with Gasteiger partial charge in [0.25, 0.3) is 5.91 Å². The number of nitrogens with zero attached hydrogens (tertiary/aromatic N) is 3. The van der Waals surface area contributed by atoms with Gasteiger partial charge < -0.3 is 0 Å². The summed E-state index contributed by atoms with van der Waals surface area (Å²) >= 11 is 0. The average Bonchev–Trinajstić information content (AvgIpc) is 3.06. The maximum atomic E-state index is 12.9. The Morgan fingerprint density at radius 1 is 1.26 bits per heavy atom. The molecule has 1 aromatic carbocycles. The lowest BCUT2D eigenvalue weighted by Crippen LogP contribution is -2.18. The van der Waals surface area contributed by atoms with Crippen LogP contribution in [0.15, 0.2) is 60.0 Å². The zero-order valence-electron chi connectivity index (χ0n) is 11.9. The topological polar surface area (TPSA) is 83.0 Å². The summed E-state index contributed by atoms with van der Waals surface area (Å²) < 4.78 is 12.9. The average molecular weight is 309 g/mol. The van der Waals surface area contributed by atoms with E-state index in [-0.39, 0.29) is 11.5 Å². The minimum Gasteiger partial charge on any atom is -0.272 e. The Labute approximate surface area is 131 Å².